The molecule has 0 aromatic heterocycles. The highest BCUT2D eigenvalue weighted by Gasteiger charge is 2.71. The lowest BCUT2D eigenvalue weighted by Crippen LogP contribution is -2.44. The van der Waals surface area contributed by atoms with Crippen LogP contribution in [0.25, 0.3) is 0 Å². The van der Waals surface area contributed by atoms with Gasteiger partial charge >= 0.3 is 0 Å². The van der Waals surface area contributed by atoms with Gasteiger partial charge in [-0.3, -0.25) is 0 Å². The van der Waals surface area contributed by atoms with Gasteiger partial charge in [-0.15, -0.1) is 0 Å². The average molecular weight is 272 g/mol. The van der Waals surface area contributed by atoms with E-state index in [2.05, 4.69) is 6.92 Å². The van der Waals surface area contributed by atoms with E-state index in [9.17, 15) is 0 Å². The van der Waals surface area contributed by atoms with E-state index in [4.69, 9.17) is 4.74 Å². The van der Waals surface area contributed by atoms with Crippen molar-refractivity contribution in [2.45, 2.75) is 51.6 Å². The van der Waals surface area contributed by atoms with Gasteiger partial charge in [0.1, 0.15) is 0 Å². The molecule has 0 spiro atoms. The van der Waals surface area contributed by atoms with E-state index in [1.165, 1.54) is 30.1 Å². The van der Waals surface area contributed by atoms with Gasteiger partial charge in [-0.1, -0.05) is 0 Å². The molecule has 0 amide bonds. The summed E-state index contributed by atoms with van der Waals surface area (Å²) in [5.74, 6) is 11.3. The van der Waals surface area contributed by atoms with Gasteiger partial charge in [-0.05, 0) is 105 Å². The molecule has 0 saturated heterocycles. The van der Waals surface area contributed by atoms with Crippen LogP contribution in [0, 0.1) is 59.2 Å². The molecule has 0 radical (unpaired) electrons. The van der Waals surface area contributed by atoms with Crippen LogP contribution in [0.2, 0.25) is 0 Å². The fraction of sp³-hybridized carbons (Fsp3) is 1.00. The highest BCUT2D eigenvalue weighted by atomic mass is 16.5. The molecule has 0 aromatic rings. The van der Waals surface area contributed by atoms with Gasteiger partial charge in [-0.25, -0.2) is 0 Å². The second kappa shape index (κ2) is 3.65. The lowest BCUT2D eigenvalue weighted by Gasteiger charge is -2.46. The Balaban J connectivity index is 1.36. The van der Waals surface area contributed by atoms with E-state index in [-0.39, 0.29) is 0 Å². The van der Waals surface area contributed by atoms with Crippen molar-refractivity contribution < 1.29 is 4.74 Å². The lowest BCUT2D eigenvalue weighted by molar-refractivity contribution is -0.0509. The van der Waals surface area contributed by atoms with Crippen LogP contribution < -0.4 is 0 Å². The molecule has 6 fully saturated rings. The number of fused-ring (bicyclic) bond motifs is 16. The van der Waals surface area contributed by atoms with Crippen LogP contribution in [0.15, 0.2) is 0 Å². The molecule has 11 atom stereocenters. The van der Waals surface area contributed by atoms with Crippen molar-refractivity contribution in [3.8, 4) is 0 Å². The molecule has 20 heavy (non-hydrogen) atoms. The molecule has 0 aromatic carbocycles. The molecule has 1 heteroatoms. The molecular weight excluding hydrogens is 244 g/mol. The Labute approximate surface area is 122 Å². The summed E-state index contributed by atoms with van der Waals surface area (Å²) in [6.07, 6.45) is 10.1. The maximum atomic E-state index is 6.13. The molecular formula is C19H28O. The van der Waals surface area contributed by atoms with E-state index in [0.717, 1.165) is 42.1 Å². The van der Waals surface area contributed by atoms with Gasteiger partial charge < -0.3 is 4.74 Å². The third kappa shape index (κ3) is 1.12. The minimum atomic E-state index is 0.655. The average Bonchev–Trinajstić information content (AvgIpc) is 3.23. The Hall–Kier alpha value is -0.0400. The molecule has 6 rings (SSSR count). The number of rotatable bonds is 2. The zero-order valence-electron chi connectivity index (χ0n) is 12.7. The van der Waals surface area contributed by atoms with Crippen LogP contribution in [-0.4, -0.2) is 12.7 Å². The summed E-state index contributed by atoms with van der Waals surface area (Å²) in [5, 5.41) is 0. The van der Waals surface area contributed by atoms with Crippen molar-refractivity contribution in [1.82, 2.24) is 0 Å². The Morgan fingerprint density at radius 1 is 0.700 bits per heavy atom. The topological polar surface area (TPSA) is 9.23 Å². The molecule has 6 bridgehead atoms. The third-order valence-electron chi connectivity index (χ3n) is 9.02. The second-order valence-electron chi connectivity index (χ2n) is 9.10. The van der Waals surface area contributed by atoms with Crippen molar-refractivity contribution in [2.24, 2.45) is 59.2 Å². The highest BCUT2D eigenvalue weighted by Crippen LogP contribution is 2.76. The summed E-state index contributed by atoms with van der Waals surface area (Å²) in [6, 6.07) is 0. The maximum Gasteiger partial charge on any atom is 0.0608 e. The van der Waals surface area contributed by atoms with Crippen LogP contribution in [0.3, 0.4) is 0 Å². The first-order valence-corrected chi connectivity index (χ1v) is 9.48. The normalized spacial score (nSPS) is 68.0. The van der Waals surface area contributed by atoms with E-state index >= 15 is 0 Å². The minimum Gasteiger partial charge on any atom is -0.378 e. The van der Waals surface area contributed by atoms with Crippen molar-refractivity contribution in [3.05, 3.63) is 0 Å². The lowest BCUT2D eigenvalue weighted by atomic mass is 9.59. The first kappa shape index (κ1) is 11.5. The highest BCUT2D eigenvalue weighted by molar-refractivity contribution is 5.19. The predicted octanol–water partition coefficient (Wildman–Crippen LogP) is 3.98. The van der Waals surface area contributed by atoms with E-state index in [1.807, 2.05) is 0 Å². The fourth-order valence-electron chi connectivity index (χ4n) is 9.14. The monoisotopic (exact) mass is 272 g/mol. The van der Waals surface area contributed by atoms with Gasteiger partial charge in [-0.2, -0.15) is 0 Å². The second-order valence-corrected chi connectivity index (χ2v) is 9.10. The summed E-state index contributed by atoms with van der Waals surface area (Å²) in [4.78, 5) is 0. The molecule has 11 unspecified atom stereocenters. The molecule has 1 nitrogen and oxygen atoms in total. The molecule has 6 aliphatic rings. The van der Waals surface area contributed by atoms with E-state index in [1.54, 1.807) is 32.1 Å². The largest absolute Gasteiger partial charge is 0.378 e. The summed E-state index contributed by atoms with van der Waals surface area (Å²) in [5.41, 5.74) is 0. The van der Waals surface area contributed by atoms with Gasteiger partial charge in [0.15, 0.2) is 0 Å². The van der Waals surface area contributed by atoms with Crippen LogP contribution in [0.4, 0.5) is 0 Å². The molecule has 0 heterocycles. The van der Waals surface area contributed by atoms with E-state index < -0.39 is 0 Å². The Kier molecular flexibility index (Phi) is 2.10. The van der Waals surface area contributed by atoms with Gasteiger partial charge in [0.2, 0.25) is 0 Å². The number of hydrogen-bond acceptors (Lipinski definition) is 1. The van der Waals surface area contributed by atoms with Gasteiger partial charge in [0, 0.05) is 6.61 Å². The first-order valence-electron chi connectivity index (χ1n) is 9.48. The van der Waals surface area contributed by atoms with Crippen molar-refractivity contribution >= 4 is 0 Å². The minimum absolute atomic E-state index is 0.655. The quantitative estimate of drug-likeness (QED) is 0.691. The molecule has 0 aliphatic heterocycles. The predicted molar refractivity (Wildman–Crippen MR) is 78.0 cm³/mol. The Morgan fingerprint density at radius 3 is 2.15 bits per heavy atom. The summed E-state index contributed by atoms with van der Waals surface area (Å²) >= 11 is 0. The van der Waals surface area contributed by atoms with Crippen LogP contribution in [-0.2, 0) is 4.74 Å². The Morgan fingerprint density at radius 2 is 1.40 bits per heavy atom. The number of hydrogen-bond donors (Lipinski definition) is 0. The molecule has 0 N–H and O–H groups in total. The van der Waals surface area contributed by atoms with Crippen LogP contribution in [0.5, 0.6) is 0 Å². The van der Waals surface area contributed by atoms with E-state index in [0.29, 0.717) is 6.10 Å². The van der Waals surface area contributed by atoms with Gasteiger partial charge in [0.25, 0.3) is 0 Å². The molecule has 6 aliphatic carbocycles. The zero-order chi connectivity index (χ0) is 13.0. The third-order valence-corrected chi connectivity index (χ3v) is 9.02. The zero-order valence-corrected chi connectivity index (χ0v) is 12.7. The Bertz CT molecular complexity index is 445. The van der Waals surface area contributed by atoms with Gasteiger partial charge in [0.05, 0.1) is 6.10 Å². The summed E-state index contributed by atoms with van der Waals surface area (Å²) in [6.45, 7) is 3.13. The molecule has 6 saturated carbocycles. The number of ether oxygens (including phenoxy) is 1. The first-order chi connectivity index (χ1) is 9.86. The van der Waals surface area contributed by atoms with Crippen molar-refractivity contribution in [2.75, 3.05) is 6.61 Å². The maximum absolute atomic E-state index is 6.13. The smallest absolute Gasteiger partial charge is 0.0608 e. The van der Waals surface area contributed by atoms with Crippen molar-refractivity contribution in [3.63, 3.8) is 0 Å². The molecule has 110 valence electrons. The summed E-state index contributed by atoms with van der Waals surface area (Å²) in [7, 11) is 0. The van der Waals surface area contributed by atoms with Crippen LogP contribution >= 0.6 is 0 Å². The fourth-order valence-corrected chi connectivity index (χ4v) is 9.14. The summed E-state index contributed by atoms with van der Waals surface area (Å²) < 4.78 is 6.13. The SMILES string of the molecule is CCOC1CC2CC1C1C3CC(C4C5CCC(C5)C34)C21. The van der Waals surface area contributed by atoms with Crippen molar-refractivity contribution in [1.29, 1.82) is 0 Å². The van der Waals surface area contributed by atoms with Crippen LogP contribution in [0.1, 0.15) is 45.4 Å². The standard InChI is InChI=1S/C19H28O/c1-2-20-15-7-11-6-12(15)19-14-8-13(18(11)19)16-9-3-4-10(5-9)17(14)16/h9-19H,2-8H2,1H3.